The summed E-state index contributed by atoms with van der Waals surface area (Å²) in [5, 5.41) is 25.1. The Balaban J connectivity index is 1.79. The van der Waals surface area contributed by atoms with E-state index in [-0.39, 0.29) is 32.1 Å². The number of sulfonamides is 1. The number of aromatic nitrogens is 1. The second-order valence-corrected chi connectivity index (χ2v) is 11.5. The number of carbonyl (C=O) groups is 3. The summed E-state index contributed by atoms with van der Waals surface area (Å²) in [6.45, 7) is 3.62. The molecule has 1 aromatic heterocycles. The molecule has 7 N–H and O–H groups in total. The molecule has 2 atom stereocenters. The van der Waals surface area contributed by atoms with Gasteiger partial charge in [-0.3, -0.25) is 14.5 Å². The van der Waals surface area contributed by atoms with Gasteiger partial charge in [-0.15, -0.1) is 27.5 Å². The summed E-state index contributed by atoms with van der Waals surface area (Å²) in [6.07, 6.45) is 0.838. The lowest BCUT2D eigenvalue weighted by atomic mass is 10.0. The van der Waals surface area contributed by atoms with Crippen LogP contribution in [0.4, 0.5) is 5.13 Å². The molecular weight excluding hydrogens is 530 g/mol. The molecule has 1 aromatic rings. The summed E-state index contributed by atoms with van der Waals surface area (Å²) in [5.74, 6) is -3.32. The average Bonchev–Trinajstić information content (AvgIpc) is 3.16. The summed E-state index contributed by atoms with van der Waals surface area (Å²) in [4.78, 5) is 42.3. The van der Waals surface area contributed by atoms with Gasteiger partial charge in [0.15, 0.2) is 10.8 Å². The van der Waals surface area contributed by atoms with Crippen LogP contribution in [0.15, 0.2) is 37.0 Å². The number of nitrogens with zero attached hydrogens (tertiary/aromatic N) is 4. The van der Waals surface area contributed by atoms with E-state index < -0.39 is 50.8 Å². The smallest absolute Gasteiger partial charge is 0.353 e. The lowest BCUT2D eigenvalue weighted by Crippen LogP contribution is -2.71. The Morgan fingerprint density at radius 2 is 2.12 bits per heavy atom. The maximum atomic E-state index is 12.8. The van der Waals surface area contributed by atoms with Crippen molar-refractivity contribution in [2.45, 2.75) is 11.4 Å². The fraction of sp³-hybridized carbons (Fsp3) is 0.250. The van der Waals surface area contributed by atoms with Gasteiger partial charge in [-0.05, 0) is 0 Å². The average molecular weight is 548 g/mol. The van der Waals surface area contributed by atoms with Crippen molar-refractivity contribution in [1.29, 1.82) is 0 Å². The Labute approximate surface area is 204 Å². The minimum Gasteiger partial charge on any atom is -0.477 e. The molecule has 1 fully saturated rings. The lowest BCUT2D eigenvalue weighted by molar-refractivity contribution is -0.150. The predicted octanol–water partition coefficient (Wildman–Crippen LogP) is -0.837. The molecule has 0 aromatic carbocycles. The number of nitrogens with one attached hydrogen (secondary N) is 1. The van der Waals surface area contributed by atoms with Crippen molar-refractivity contribution in [1.82, 2.24) is 15.2 Å². The van der Waals surface area contributed by atoms with Crippen molar-refractivity contribution in [3.63, 3.8) is 0 Å². The zero-order valence-corrected chi connectivity index (χ0v) is 20.4. The number of oxime groups is 1. The summed E-state index contributed by atoms with van der Waals surface area (Å²) >= 11 is 2.96. The molecule has 0 aliphatic carbocycles. The first-order valence-corrected chi connectivity index (χ1v) is 13.5. The normalized spacial score (nSPS) is 21.1. The van der Waals surface area contributed by atoms with E-state index in [9.17, 15) is 33.1 Å². The molecule has 0 radical (unpaired) electrons. The Hall–Kier alpha value is -3.09. The Morgan fingerprint density at radius 3 is 2.65 bits per heavy atom. The van der Waals surface area contributed by atoms with E-state index in [1.807, 2.05) is 0 Å². The van der Waals surface area contributed by atoms with Gasteiger partial charge in [-0.25, -0.2) is 18.2 Å². The topological polar surface area (TPSA) is 231 Å². The number of rotatable bonds is 8. The van der Waals surface area contributed by atoms with E-state index in [2.05, 4.69) is 26.4 Å². The Kier molecular flexibility index (Phi) is 7.24. The number of anilines is 1. The zero-order chi connectivity index (χ0) is 25.4. The van der Waals surface area contributed by atoms with Crippen molar-refractivity contribution in [2.24, 2.45) is 15.3 Å². The van der Waals surface area contributed by atoms with E-state index in [1.165, 1.54) is 5.38 Å². The zero-order valence-electron chi connectivity index (χ0n) is 17.2. The van der Waals surface area contributed by atoms with Crippen molar-refractivity contribution in [2.75, 3.05) is 17.7 Å². The summed E-state index contributed by atoms with van der Waals surface area (Å²) in [5.41, 5.74) is 10.3. The molecule has 2 aliphatic rings. The first-order valence-electron chi connectivity index (χ1n) is 8.92. The third kappa shape index (κ3) is 5.18. The van der Waals surface area contributed by atoms with Crippen molar-refractivity contribution < 1.29 is 33.1 Å². The third-order valence-corrected chi connectivity index (χ3v) is 8.00. The number of carbonyl (C=O) groups excluding carboxylic acids is 2. The molecule has 14 nitrogen and oxygen atoms in total. The van der Waals surface area contributed by atoms with Crippen LogP contribution < -0.4 is 16.8 Å². The molecule has 0 spiro atoms. The highest BCUT2D eigenvalue weighted by atomic mass is 32.2. The second kappa shape index (κ2) is 9.65. The quantitative estimate of drug-likeness (QED) is 0.0882. The van der Waals surface area contributed by atoms with Crippen LogP contribution >= 0.6 is 34.9 Å². The number of carboxylic acid groups (broad SMARTS) is 1. The molecule has 2 amide bonds. The monoisotopic (exact) mass is 547 g/mol. The molecule has 2 unspecified atom stereocenters. The number of thioether (sulfide) groups is 2. The largest absolute Gasteiger partial charge is 0.477 e. The van der Waals surface area contributed by atoms with E-state index in [1.54, 1.807) is 0 Å². The fourth-order valence-corrected chi connectivity index (χ4v) is 6.36. The predicted molar refractivity (Wildman–Crippen MR) is 128 cm³/mol. The van der Waals surface area contributed by atoms with Crippen LogP contribution in [0, 0.1) is 0 Å². The highest BCUT2D eigenvalue weighted by Gasteiger charge is 2.54. The molecule has 2 aliphatic heterocycles. The van der Waals surface area contributed by atoms with Gasteiger partial charge in [0.25, 0.3) is 21.8 Å². The minimum absolute atomic E-state index is 0.0117. The van der Waals surface area contributed by atoms with Crippen LogP contribution in [0.1, 0.15) is 5.69 Å². The molecule has 1 saturated heterocycles. The van der Waals surface area contributed by atoms with Gasteiger partial charge < -0.3 is 27.1 Å². The van der Waals surface area contributed by atoms with E-state index >= 15 is 0 Å². The van der Waals surface area contributed by atoms with Crippen LogP contribution in [-0.4, -0.2) is 81.4 Å². The minimum atomic E-state index is -3.79. The van der Waals surface area contributed by atoms with E-state index in [4.69, 9.17) is 11.5 Å². The number of nitrogens with two attached hydrogens (primary N) is 2. The van der Waals surface area contributed by atoms with Crippen molar-refractivity contribution >= 4 is 79.3 Å². The van der Waals surface area contributed by atoms with Crippen molar-refractivity contribution in [3.05, 3.63) is 33.2 Å². The van der Waals surface area contributed by atoms with Gasteiger partial charge in [-0.2, -0.15) is 0 Å². The molecule has 0 bridgehead atoms. The first-order chi connectivity index (χ1) is 15.8. The van der Waals surface area contributed by atoms with Gasteiger partial charge in [0.05, 0.1) is 6.26 Å². The molecule has 18 heteroatoms. The second-order valence-electron chi connectivity index (χ2n) is 6.69. The van der Waals surface area contributed by atoms with Crippen molar-refractivity contribution in [3.8, 4) is 0 Å². The summed E-state index contributed by atoms with van der Waals surface area (Å²) in [7, 11) is -3.79. The number of carboxylic acids is 1. The van der Waals surface area contributed by atoms with E-state index in [0.717, 1.165) is 46.0 Å². The first kappa shape index (κ1) is 25.5. The molecule has 3 heterocycles. The van der Waals surface area contributed by atoms with Crippen LogP contribution in [-0.2, 0) is 24.4 Å². The number of amidine groups is 1. The third-order valence-electron chi connectivity index (χ3n) is 4.30. The van der Waals surface area contributed by atoms with Crippen LogP contribution in [0.5, 0.6) is 0 Å². The number of aliphatic carboxylic acids is 1. The highest BCUT2D eigenvalue weighted by Crippen LogP contribution is 2.44. The lowest BCUT2D eigenvalue weighted by Gasteiger charge is -2.49. The Morgan fingerprint density at radius 1 is 1.44 bits per heavy atom. The van der Waals surface area contributed by atoms with Crippen LogP contribution in [0.2, 0.25) is 0 Å². The molecule has 182 valence electrons. The number of nitrogen functional groups attached to an aromatic ring is 1. The standard InChI is InChI=1S/C16H17N7O7S4/c1-5(11(17)22-34(2,29)30)33-7-4-31-14-9(13(25)23(14)10(7)15(26)27)20-12(24)8(21-28)6-3-32-16(18)19-6/h3,9,14,28H,1,4H2,2H3,(H2,17,22)(H2,18,19)(H,20,24)(H,26,27)/b21-8-. The maximum absolute atomic E-state index is 12.8. The number of β-lactam (4-membered cyclic amide) rings is 1. The molecule has 34 heavy (non-hydrogen) atoms. The number of hydrogen-bond acceptors (Lipinski definition) is 12. The molecule has 0 saturated carbocycles. The van der Waals surface area contributed by atoms with Gasteiger partial charge in [0.2, 0.25) is 0 Å². The number of fused-ring (bicyclic) bond motifs is 1. The molecular formula is C16H17N7O7S4. The summed E-state index contributed by atoms with van der Waals surface area (Å²) < 4.78 is 25.9. The van der Waals surface area contributed by atoms with Gasteiger partial charge in [0, 0.05) is 20.9 Å². The highest BCUT2D eigenvalue weighted by molar-refractivity contribution is 8.09. The van der Waals surface area contributed by atoms with Gasteiger partial charge in [-0.1, -0.05) is 23.5 Å². The SMILES string of the molecule is C=C(SC1=C(C(=O)O)N2C(=O)C(NC(=O)/C(=N\O)c3csc(N)n3)C2SC1)/C(N)=N\S(C)(=O)=O. The van der Waals surface area contributed by atoms with Crippen LogP contribution in [0.3, 0.4) is 0 Å². The van der Waals surface area contributed by atoms with Crippen LogP contribution in [0.25, 0.3) is 0 Å². The van der Waals surface area contributed by atoms with Gasteiger partial charge in [0.1, 0.15) is 28.6 Å². The molecule has 3 rings (SSSR count). The van der Waals surface area contributed by atoms with E-state index in [0.29, 0.717) is 0 Å². The fourth-order valence-electron chi connectivity index (χ4n) is 2.92. The van der Waals surface area contributed by atoms with Gasteiger partial charge >= 0.3 is 5.97 Å². The number of thiazole rings is 1. The Bertz CT molecular complexity index is 1280. The number of hydrogen-bond donors (Lipinski definition) is 5. The maximum Gasteiger partial charge on any atom is 0.353 e. The summed E-state index contributed by atoms with van der Waals surface area (Å²) in [6, 6.07) is -1.09. The number of amides is 2.